The van der Waals surface area contributed by atoms with Gasteiger partial charge < -0.3 is 20.5 Å². The van der Waals surface area contributed by atoms with Crippen LogP contribution in [-0.4, -0.2) is 54.3 Å². The number of hydrogen-bond acceptors (Lipinski definition) is 5. The lowest BCUT2D eigenvalue weighted by Crippen LogP contribution is -2.29. The molecular formula is C17H27N3O4. The molecule has 0 saturated heterocycles. The first kappa shape index (κ1) is 20.1. The number of carbonyl (C=O) groups is 2. The summed E-state index contributed by atoms with van der Waals surface area (Å²) in [5.74, 6) is -0.677. The fourth-order valence-electron chi connectivity index (χ4n) is 1.83. The van der Waals surface area contributed by atoms with Crippen LogP contribution in [0.1, 0.15) is 54.1 Å². The quantitative estimate of drug-likeness (QED) is 0.526. The molecule has 0 aliphatic rings. The molecule has 0 aliphatic heterocycles. The van der Waals surface area contributed by atoms with E-state index in [-0.39, 0.29) is 35.9 Å². The lowest BCUT2D eigenvalue weighted by atomic mass is 10.2. The highest BCUT2D eigenvalue weighted by atomic mass is 16.5. The van der Waals surface area contributed by atoms with E-state index in [1.165, 1.54) is 0 Å². The lowest BCUT2D eigenvalue weighted by Gasteiger charge is -2.10. The summed E-state index contributed by atoms with van der Waals surface area (Å²) < 4.78 is 5.54. The van der Waals surface area contributed by atoms with Crippen LogP contribution in [0, 0.1) is 0 Å². The highest BCUT2D eigenvalue weighted by molar-refractivity contribution is 5.96. The van der Waals surface area contributed by atoms with Crippen LogP contribution in [0.3, 0.4) is 0 Å². The molecule has 0 radical (unpaired) electrons. The Labute approximate surface area is 142 Å². The Morgan fingerprint density at radius 2 is 1.75 bits per heavy atom. The molecule has 7 nitrogen and oxygen atoms in total. The molecule has 1 atom stereocenters. The number of ether oxygens (including phenoxy) is 1. The summed E-state index contributed by atoms with van der Waals surface area (Å²) in [5, 5.41) is 14.1. The predicted octanol–water partition coefficient (Wildman–Crippen LogP) is 1.13. The molecule has 0 fully saturated rings. The number of pyridine rings is 1. The Bertz CT molecular complexity index is 522. The van der Waals surface area contributed by atoms with Gasteiger partial charge in [-0.3, -0.25) is 9.59 Å². The highest BCUT2D eigenvalue weighted by Gasteiger charge is 2.11. The van der Waals surface area contributed by atoms with Crippen LogP contribution in [0.15, 0.2) is 18.2 Å². The van der Waals surface area contributed by atoms with Gasteiger partial charge in [0, 0.05) is 26.3 Å². The van der Waals surface area contributed by atoms with Crippen molar-refractivity contribution >= 4 is 11.8 Å². The predicted molar refractivity (Wildman–Crippen MR) is 90.9 cm³/mol. The van der Waals surface area contributed by atoms with Gasteiger partial charge in [-0.1, -0.05) is 13.0 Å². The van der Waals surface area contributed by atoms with Crippen molar-refractivity contribution in [1.82, 2.24) is 15.6 Å². The third-order valence-corrected chi connectivity index (χ3v) is 3.42. The van der Waals surface area contributed by atoms with Crippen molar-refractivity contribution < 1.29 is 19.4 Å². The molecule has 1 heterocycles. The Morgan fingerprint density at radius 3 is 2.29 bits per heavy atom. The molecule has 1 aromatic heterocycles. The second-order valence-corrected chi connectivity index (χ2v) is 5.44. The first-order chi connectivity index (χ1) is 11.6. The SMILES string of the molecule is CCC(C)OCCCNC(=O)c1cccc(C(=O)NCCCO)n1. The van der Waals surface area contributed by atoms with Crippen molar-refractivity contribution in [2.24, 2.45) is 0 Å². The lowest BCUT2D eigenvalue weighted by molar-refractivity contribution is 0.0615. The maximum Gasteiger partial charge on any atom is 0.269 e. The average Bonchev–Trinajstić information content (AvgIpc) is 2.61. The van der Waals surface area contributed by atoms with E-state index >= 15 is 0 Å². The van der Waals surface area contributed by atoms with E-state index in [4.69, 9.17) is 9.84 Å². The van der Waals surface area contributed by atoms with Gasteiger partial charge in [0.2, 0.25) is 0 Å². The molecule has 134 valence electrons. The Balaban J connectivity index is 2.41. The number of hydrogen-bond donors (Lipinski definition) is 3. The Morgan fingerprint density at radius 1 is 1.17 bits per heavy atom. The van der Waals surface area contributed by atoms with Gasteiger partial charge >= 0.3 is 0 Å². The largest absolute Gasteiger partial charge is 0.396 e. The smallest absolute Gasteiger partial charge is 0.269 e. The zero-order chi connectivity index (χ0) is 17.8. The monoisotopic (exact) mass is 337 g/mol. The molecule has 1 aromatic rings. The summed E-state index contributed by atoms with van der Waals surface area (Å²) in [4.78, 5) is 28.0. The summed E-state index contributed by atoms with van der Waals surface area (Å²) in [6, 6.07) is 4.73. The fourth-order valence-corrected chi connectivity index (χ4v) is 1.83. The molecule has 3 N–H and O–H groups in total. The molecule has 0 saturated carbocycles. The van der Waals surface area contributed by atoms with Gasteiger partial charge in [-0.25, -0.2) is 4.98 Å². The van der Waals surface area contributed by atoms with Crippen LogP contribution < -0.4 is 10.6 Å². The molecule has 1 rings (SSSR count). The van der Waals surface area contributed by atoms with Crippen molar-refractivity contribution in [3.63, 3.8) is 0 Å². The highest BCUT2D eigenvalue weighted by Crippen LogP contribution is 2.01. The van der Waals surface area contributed by atoms with Gasteiger partial charge in [0.1, 0.15) is 11.4 Å². The van der Waals surface area contributed by atoms with Crippen molar-refractivity contribution in [1.29, 1.82) is 0 Å². The standard InChI is InChI=1S/C17H27N3O4/c1-3-13(2)24-12-6-10-19-17(23)15-8-4-7-14(20-15)16(22)18-9-5-11-21/h4,7-8,13,21H,3,5-6,9-12H2,1-2H3,(H,18,22)(H,19,23). The van der Waals surface area contributed by atoms with E-state index in [0.29, 0.717) is 26.1 Å². The first-order valence-corrected chi connectivity index (χ1v) is 8.34. The normalized spacial score (nSPS) is 11.8. The van der Waals surface area contributed by atoms with E-state index in [1.54, 1.807) is 18.2 Å². The first-order valence-electron chi connectivity index (χ1n) is 8.34. The zero-order valence-corrected chi connectivity index (χ0v) is 14.4. The minimum Gasteiger partial charge on any atom is -0.396 e. The Kier molecular flexibility index (Phi) is 9.64. The van der Waals surface area contributed by atoms with E-state index in [2.05, 4.69) is 22.5 Å². The van der Waals surface area contributed by atoms with Crippen LogP contribution >= 0.6 is 0 Å². The summed E-state index contributed by atoms with van der Waals surface area (Å²) in [6.07, 6.45) is 2.38. The Hall–Kier alpha value is -1.99. The number of amides is 2. The molecule has 0 aliphatic carbocycles. The molecule has 7 heteroatoms. The van der Waals surface area contributed by atoms with Gasteiger partial charge in [0.05, 0.1) is 6.10 Å². The van der Waals surface area contributed by atoms with Gasteiger partial charge in [-0.15, -0.1) is 0 Å². The van der Waals surface area contributed by atoms with Crippen molar-refractivity contribution in [2.75, 3.05) is 26.3 Å². The minimum atomic E-state index is -0.361. The third-order valence-electron chi connectivity index (χ3n) is 3.42. The molecule has 0 bridgehead atoms. The van der Waals surface area contributed by atoms with Crippen LogP contribution in [0.25, 0.3) is 0 Å². The van der Waals surface area contributed by atoms with Gasteiger partial charge in [-0.2, -0.15) is 0 Å². The van der Waals surface area contributed by atoms with Gasteiger partial charge in [-0.05, 0) is 38.3 Å². The van der Waals surface area contributed by atoms with Crippen LogP contribution in [0.4, 0.5) is 0 Å². The second kappa shape index (κ2) is 11.5. The van der Waals surface area contributed by atoms with Gasteiger partial charge in [0.15, 0.2) is 0 Å². The number of nitrogens with zero attached hydrogens (tertiary/aromatic N) is 1. The van der Waals surface area contributed by atoms with E-state index < -0.39 is 0 Å². The fraction of sp³-hybridized carbons (Fsp3) is 0.588. The number of aliphatic hydroxyl groups is 1. The number of aromatic nitrogens is 1. The molecule has 2 amide bonds. The number of aliphatic hydroxyl groups excluding tert-OH is 1. The minimum absolute atomic E-state index is 0.0108. The zero-order valence-electron chi connectivity index (χ0n) is 14.4. The summed E-state index contributed by atoms with van der Waals surface area (Å²) in [6.45, 7) is 5.53. The molecule has 24 heavy (non-hydrogen) atoms. The maximum atomic E-state index is 12.1. The molecule has 0 aromatic carbocycles. The van der Waals surface area contributed by atoms with E-state index in [0.717, 1.165) is 12.8 Å². The summed E-state index contributed by atoms with van der Waals surface area (Å²) in [7, 11) is 0. The van der Waals surface area contributed by atoms with Gasteiger partial charge in [0.25, 0.3) is 11.8 Å². The van der Waals surface area contributed by atoms with E-state index in [1.807, 2.05) is 6.92 Å². The van der Waals surface area contributed by atoms with Crippen molar-refractivity contribution in [2.45, 2.75) is 39.2 Å². The van der Waals surface area contributed by atoms with Crippen molar-refractivity contribution in [3.05, 3.63) is 29.6 Å². The van der Waals surface area contributed by atoms with E-state index in [9.17, 15) is 9.59 Å². The molecule has 0 spiro atoms. The van der Waals surface area contributed by atoms with Crippen LogP contribution in [0.5, 0.6) is 0 Å². The number of carbonyl (C=O) groups excluding carboxylic acids is 2. The third kappa shape index (κ3) is 7.52. The molecular weight excluding hydrogens is 310 g/mol. The van der Waals surface area contributed by atoms with Crippen LogP contribution in [-0.2, 0) is 4.74 Å². The topological polar surface area (TPSA) is 101 Å². The number of nitrogens with one attached hydrogen (secondary N) is 2. The van der Waals surface area contributed by atoms with Crippen molar-refractivity contribution in [3.8, 4) is 0 Å². The summed E-state index contributed by atoms with van der Waals surface area (Å²) >= 11 is 0. The number of rotatable bonds is 11. The average molecular weight is 337 g/mol. The maximum absolute atomic E-state index is 12.1. The van der Waals surface area contributed by atoms with Crippen LogP contribution in [0.2, 0.25) is 0 Å². The molecule has 1 unspecified atom stereocenters. The summed E-state index contributed by atoms with van der Waals surface area (Å²) in [5.41, 5.74) is 0.383. The second-order valence-electron chi connectivity index (χ2n) is 5.44.